The fraction of sp³-hybridized carbons (Fsp3) is 0.176. The highest BCUT2D eigenvalue weighted by atomic mass is 32.2. The van der Waals surface area contributed by atoms with Crippen LogP contribution in [-0.2, 0) is 23.1 Å². The van der Waals surface area contributed by atoms with Gasteiger partial charge in [-0.3, -0.25) is 10.1 Å². The molecule has 2 aromatic carbocycles. The van der Waals surface area contributed by atoms with Crippen LogP contribution in [-0.4, -0.2) is 28.8 Å². The van der Waals surface area contributed by atoms with E-state index in [9.17, 15) is 18.5 Å². The Kier molecular flexibility index (Phi) is 3.59. The van der Waals surface area contributed by atoms with Gasteiger partial charge in [0.25, 0.3) is 5.69 Å². The Labute approximate surface area is 144 Å². The number of rotatable bonds is 3. The molecule has 1 aliphatic heterocycles. The summed E-state index contributed by atoms with van der Waals surface area (Å²) < 4.78 is 29.3. The predicted molar refractivity (Wildman–Crippen MR) is 92.6 cm³/mol. The first-order valence-corrected chi connectivity index (χ1v) is 9.22. The molecule has 7 nitrogen and oxygen atoms in total. The lowest BCUT2D eigenvalue weighted by atomic mass is 10.2. The Balaban J connectivity index is 1.71. The van der Waals surface area contributed by atoms with Gasteiger partial charge in [-0.2, -0.15) is 4.31 Å². The molecule has 0 amide bonds. The van der Waals surface area contributed by atoms with E-state index >= 15 is 0 Å². The number of nitro benzene ring substituents is 1. The molecular formula is C17H15N3O4S. The lowest BCUT2D eigenvalue weighted by Crippen LogP contribution is -2.38. The van der Waals surface area contributed by atoms with Crippen molar-refractivity contribution in [1.29, 1.82) is 0 Å². The van der Waals surface area contributed by atoms with Crippen molar-refractivity contribution in [3.05, 3.63) is 70.4 Å². The van der Waals surface area contributed by atoms with Crippen molar-refractivity contribution >= 4 is 26.6 Å². The maximum atomic E-state index is 12.9. The summed E-state index contributed by atoms with van der Waals surface area (Å²) in [4.78, 5) is 10.3. The Hall–Kier alpha value is -2.71. The van der Waals surface area contributed by atoms with Gasteiger partial charge < -0.3 is 4.57 Å². The summed E-state index contributed by atoms with van der Waals surface area (Å²) in [6.45, 7) is 1.13. The molecule has 0 aliphatic carbocycles. The average molecular weight is 357 g/mol. The third-order valence-corrected chi connectivity index (χ3v) is 6.32. The lowest BCUT2D eigenvalue weighted by Gasteiger charge is -2.28. The molecule has 0 bridgehead atoms. The van der Waals surface area contributed by atoms with Gasteiger partial charge in [0.1, 0.15) is 0 Å². The van der Waals surface area contributed by atoms with E-state index in [1.807, 2.05) is 30.3 Å². The van der Waals surface area contributed by atoms with Crippen LogP contribution < -0.4 is 0 Å². The van der Waals surface area contributed by atoms with Crippen LogP contribution in [0.25, 0.3) is 10.9 Å². The van der Waals surface area contributed by atoms with Gasteiger partial charge in [-0.25, -0.2) is 8.42 Å². The molecule has 0 atom stereocenters. The van der Waals surface area contributed by atoms with E-state index in [1.165, 1.54) is 22.5 Å². The maximum absolute atomic E-state index is 12.9. The topological polar surface area (TPSA) is 85.4 Å². The fourth-order valence-electron chi connectivity index (χ4n) is 3.25. The maximum Gasteiger partial charge on any atom is 0.270 e. The number of nitrogens with zero attached hydrogens (tertiary/aromatic N) is 3. The van der Waals surface area contributed by atoms with Crippen molar-refractivity contribution in [2.24, 2.45) is 0 Å². The smallest absolute Gasteiger partial charge is 0.270 e. The van der Waals surface area contributed by atoms with E-state index in [1.54, 1.807) is 0 Å². The average Bonchev–Trinajstić information content (AvgIpc) is 2.99. The van der Waals surface area contributed by atoms with Crippen LogP contribution in [0, 0.1) is 10.1 Å². The molecule has 3 aromatic rings. The summed E-state index contributed by atoms with van der Waals surface area (Å²) in [6.07, 6.45) is 0. The second-order valence-electron chi connectivity index (χ2n) is 5.94. The van der Waals surface area contributed by atoms with Gasteiger partial charge in [0, 0.05) is 36.4 Å². The fourth-order valence-corrected chi connectivity index (χ4v) is 4.69. The molecule has 1 aliphatic rings. The zero-order valence-electron chi connectivity index (χ0n) is 13.2. The molecule has 0 N–H and O–H groups in total. The molecule has 25 heavy (non-hydrogen) atoms. The first-order chi connectivity index (χ1) is 12.0. The predicted octanol–water partition coefficient (Wildman–Crippen LogP) is 2.75. The van der Waals surface area contributed by atoms with Gasteiger partial charge in [0.15, 0.2) is 0 Å². The van der Waals surface area contributed by atoms with Crippen molar-refractivity contribution in [3.63, 3.8) is 0 Å². The molecule has 0 saturated heterocycles. The number of aromatic nitrogens is 1. The quantitative estimate of drug-likeness (QED) is 0.533. The molecule has 2 heterocycles. The Bertz CT molecular complexity index is 1090. The van der Waals surface area contributed by atoms with Crippen LogP contribution in [0.3, 0.4) is 0 Å². The molecule has 1 aromatic heterocycles. The number of hydrogen-bond acceptors (Lipinski definition) is 4. The van der Waals surface area contributed by atoms with Crippen molar-refractivity contribution in [2.75, 3.05) is 6.54 Å². The molecule has 128 valence electrons. The zero-order chi connectivity index (χ0) is 17.6. The Morgan fingerprint density at radius 1 is 1.00 bits per heavy atom. The number of nitro groups is 1. The van der Waals surface area contributed by atoms with Crippen LogP contribution in [0.1, 0.15) is 5.69 Å². The molecular weight excluding hydrogens is 342 g/mol. The van der Waals surface area contributed by atoms with Crippen LogP contribution in [0.4, 0.5) is 5.69 Å². The zero-order valence-corrected chi connectivity index (χ0v) is 14.0. The highest BCUT2D eigenvalue weighted by molar-refractivity contribution is 7.89. The number of sulfonamides is 1. The van der Waals surface area contributed by atoms with E-state index in [-0.39, 0.29) is 17.1 Å². The van der Waals surface area contributed by atoms with Gasteiger partial charge >= 0.3 is 0 Å². The summed E-state index contributed by atoms with van der Waals surface area (Å²) >= 11 is 0. The van der Waals surface area contributed by atoms with Crippen LogP contribution >= 0.6 is 0 Å². The summed E-state index contributed by atoms with van der Waals surface area (Å²) in [5.41, 5.74) is 1.78. The summed E-state index contributed by atoms with van der Waals surface area (Å²) in [7, 11) is -3.78. The highest BCUT2D eigenvalue weighted by Gasteiger charge is 2.30. The second-order valence-corrected chi connectivity index (χ2v) is 7.88. The minimum atomic E-state index is -3.78. The Morgan fingerprint density at radius 2 is 1.80 bits per heavy atom. The molecule has 4 rings (SSSR count). The minimum Gasteiger partial charge on any atom is -0.342 e. The van der Waals surface area contributed by atoms with Gasteiger partial charge in [-0.15, -0.1) is 0 Å². The summed E-state index contributed by atoms with van der Waals surface area (Å²) in [5, 5.41) is 12.0. The number of benzene rings is 2. The third kappa shape index (κ3) is 2.59. The van der Waals surface area contributed by atoms with E-state index < -0.39 is 14.9 Å². The lowest BCUT2D eigenvalue weighted by molar-refractivity contribution is -0.385. The molecule has 0 spiro atoms. The molecule has 0 saturated carbocycles. The normalized spacial score (nSPS) is 15.2. The number of non-ortho nitro benzene ring substituents is 1. The molecule has 8 heteroatoms. The Morgan fingerprint density at radius 3 is 2.60 bits per heavy atom. The molecule has 0 radical (unpaired) electrons. The highest BCUT2D eigenvalue weighted by Crippen LogP contribution is 2.28. The van der Waals surface area contributed by atoms with Crippen LogP contribution in [0.5, 0.6) is 0 Å². The van der Waals surface area contributed by atoms with E-state index in [4.69, 9.17) is 0 Å². The minimum absolute atomic E-state index is 0.0498. The number of para-hydroxylation sites is 1. The number of fused-ring (bicyclic) bond motifs is 3. The van der Waals surface area contributed by atoms with Crippen molar-refractivity contribution in [2.45, 2.75) is 18.0 Å². The van der Waals surface area contributed by atoms with Gasteiger partial charge in [0.05, 0.1) is 16.4 Å². The van der Waals surface area contributed by atoms with Crippen LogP contribution in [0.15, 0.2) is 59.5 Å². The van der Waals surface area contributed by atoms with Gasteiger partial charge in [0.2, 0.25) is 10.0 Å². The van der Waals surface area contributed by atoms with Gasteiger partial charge in [-0.1, -0.05) is 24.3 Å². The van der Waals surface area contributed by atoms with Crippen molar-refractivity contribution in [3.8, 4) is 0 Å². The second kappa shape index (κ2) is 5.68. The van der Waals surface area contributed by atoms with Gasteiger partial charge in [-0.05, 0) is 23.6 Å². The molecule has 0 unspecified atom stereocenters. The first kappa shape index (κ1) is 15.8. The van der Waals surface area contributed by atoms with Crippen molar-refractivity contribution < 1.29 is 13.3 Å². The summed E-state index contributed by atoms with van der Waals surface area (Å²) in [5.74, 6) is 0. The summed E-state index contributed by atoms with van der Waals surface area (Å²) in [6, 6.07) is 15.1. The third-order valence-electron chi connectivity index (χ3n) is 4.47. The standard InChI is InChI=1S/C17H15N3O4S/c21-20(22)14-5-3-6-16(11-14)25(23,24)18-8-9-19-15(12-18)10-13-4-1-2-7-17(13)19/h1-7,10-11H,8-9,12H2. The van der Waals surface area contributed by atoms with E-state index in [0.29, 0.717) is 13.1 Å². The van der Waals surface area contributed by atoms with Crippen LogP contribution in [0.2, 0.25) is 0 Å². The first-order valence-electron chi connectivity index (χ1n) is 7.78. The SMILES string of the molecule is O=[N+]([O-])c1cccc(S(=O)(=O)N2CCn3c(cc4ccccc43)C2)c1. The largest absolute Gasteiger partial charge is 0.342 e. The van der Waals surface area contributed by atoms with E-state index in [2.05, 4.69) is 4.57 Å². The van der Waals surface area contributed by atoms with E-state index in [0.717, 1.165) is 22.7 Å². The molecule has 0 fully saturated rings. The van der Waals surface area contributed by atoms with Crippen molar-refractivity contribution in [1.82, 2.24) is 8.87 Å². The monoisotopic (exact) mass is 357 g/mol. The number of hydrogen-bond donors (Lipinski definition) is 0.